The summed E-state index contributed by atoms with van der Waals surface area (Å²) in [6.07, 6.45) is -2.67. The predicted octanol–water partition coefficient (Wildman–Crippen LogP) is 1.48. The number of hydrogen-bond acceptors (Lipinski definition) is 5. The van der Waals surface area contributed by atoms with Crippen LogP contribution in [0.5, 0.6) is 11.5 Å². The molecule has 1 aromatic carbocycles. The lowest BCUT2D eigenvalue weighted by Gasteiger charge is -2.35. The molecule has 0 saturated carbocycles. The first-order chi connectivity index (χ1) is 10.1. The molecule has 7 heteroatoms. The molecule has 0 unspecified atom stereocenters. The lowest BCUT2D eigenvalue weighted by Crippen LogP contribution is -2.46. The van der Waals surface area contributed by atoms with Gasteiger partial charge in [-0.05, 0) is 6.07 Å². The van der Waals surface area contributed by atoms with Gasteiger partial charge in [0.25, 0.3) is 6.43 Å². The van der Waals surface area contributed by atoms with Crippen molar-refractivity contribution in [3.05, 3.63) is 23.3 Å². The number of aromatic hydroxyl groups is 1. The van der Waals surface area contributed by atoms with Gasteiger partial charge in [0.15, 0.2) is 11.5 Å². The number of phenols is 1. The Bertz CT molecular complexity index is 540. The maximum absolute atomic E-state index is 13.5. The van der Waals surface area contributed by atoms with Crippen LogP contribution in [0.15, 0.2) is 12.1 Å². The average Bonchev–Trinajstić information content (AvgIpc) is 2.50. The summed E-state index contributed by atoms with van der Waals surface area (Å²) in [6, 6.07) is 3.28. The minimum absolute atomic E-state index is 0.0304. The van der Waals surface area contributed by atoms with E-state index in [2.05, 4.69) is 5.32 Å². The average molecular weight is 297 g/mol. The third-order valence-electron chi connectivity index (χ3n) is 3.56. The van der Waals surface area contributed by atoms with Crippen molar-refractivity contribution < 1.29 is 18.6 Å². The zero-order chi connectivity index (χ0) is 15.4. The zero-order valence-electron chi connectivity index (χ0n) is 11.6. The molecule has 1 fully saturated rings. The van der Waals surface area contributed by atoms with Gasteiger partial charge < -0.3 is 15.2 Å². The molecule has 1 aromatic rings. The van der Waals surface area contributed by atoms with Gasteiger partial charge in [-0.15, -0.1) is 0 Å². The molecular weight excluding hydrogens is 280 g/mol. The van der Waals surface area contributed by atoms with Crippen LogP contribution < -0.4 is 10.1 Å². The first kappa shape index (κ1) is 15.5. The van der Waals surface area contributed by atoms with Gasteiger partial charge in [-0.3, -0.25) is 4.90 Å². The highest BCUT2D eigenvalue weighted by molar-refractivity contribution is 5.53. The van der Waals surface area contributed by atoms with Crippen molar-refractivity contribution in [3.8, 4) is 17.6 Å². The second-order valence-electron chi connectivity index (χ2n) is 4.79. The number of piperazine rings is 1. The SMILES string of the molecule is COc1cc(C#N)cc([C@@H](C(F)F)N2CCNCC2)c1O. The van der Waals surface area contributed by atoms with E-state index < -0.39 is 12.5 Å². The molecule has 0 aromatic heterocycles. The molecule has 1 aliphatic heterocycles. The lowest BCUT2D eigenvalue weighted by molar-refractivity contribution is 0.0169. The van der Waals surface area contributed by atoms with Gasteiger partial charge in [0, 0.05) is 37.8 Å². The van der Waals surface area contributed by atoms with Crippen LogP contribution >= 0.6 is 0 Å². The summed E-state index contributed by atoms with van der Waals surface area (Å²) < 4.78 is 32.0. The molecule has 1 saturated heterocycles. The monoisotopic (exact) mass is 297 g/mol. The second-order valence-corrected chi connectivity index (χ2v) is 4.79. The Hall–Kier alpha value is -1.91. The first-order valence-electron chi connectivity index (χ1n) is 6.62. The fourth-order valence-corrected chi connectivity index (χ4v) is 2.53. The standard InChI is InChI=1S/C14H17F2N3O2/c1-21-11-7-9(8-17)6-10(13(11)20)12(14(15)16)19-4-2-18-3-5-19/h6-7,12,14,18,20H,2-5H2,1H3/t12-/m0/s1. The Kier molecular flexibility index (Phi) is 4.94. The van der Waals surface area contributed by atoms with Crippen LogP contribution in [0.3, 0.4) is 0 Å². The van der Waals surface area contributed by atoms with E-state index in [1.807, 2.05) is 6.07 Å². The van der Waals surface area contributed by atoms with Gasteiger partial charge in [0.1, 0.15) is 6.04 Å². The van der Waals surface area contributed by atoms with Crippen LogP contribution in [-0.2, 0) is 0 Å². The molecule has 0 spiro atoms. The van der Waals surface area contributed by atoms with E-state index in [9.17, 15) is 13.9 Å². The molecule has 1 atom stereocenters. The second kappa shape index (κ2) is 6.70. The predicted molar refractivity (Wildman–Crippen MR) is 72.6 cm³/mol. The normalized spacial score (nSPS) is 17.5. The minimum Gasteiger partial charge on any atom is -0.504 e. The number of ether oxygens (including phenoxy) is 1. The maximum Gasteiger partial charge on any atom is 0.258 e. The summed E-state index contributed by atoms with van der Waals surface area (Å²) in [7, 11) is 1.32. The number of phenolic OH excluding ortho intramolecular Hbond substituents is 1. The highest BCUT2D eigenvalue weighted by atomic mass is 19.3. The third kappa shape index (κ3) is 3.23. The molecule has 0 aliphatic carbocycles. The highest BCUT2D eigenvalue weighted by Crippen LogP contribution is 2.39. The molecular formula is C14H17F2N3O2. The zero-order valence-corrected chi connectivity index (χ0v) is 11.6. The largest absolute Gasteiger partial charge is 0.504 e. The molecule has 2 N–H and O–H groups in total. The number of nitrogens with zero attached hydrogens (tertiary/aromatic N) is 2. The molecule has 0 amide bonds. The summed E-state index contributed by atoms with van der Waals surface area (Å²) in [5.41, 5.74) is 0.211. The van der Waals surface area contributed by atoms with Crippen molar-refractivity contribution in [2.75, 3.05) is 33.3 Å². The van der Waals surface area contributed by atoms with Gasteiger partial charge in [0.2, 0.25) is 0 Å². The number of rotatable bonds is 4. The smallest absolute Gasteiger partial charge is 0.258 e. The van der Waals surface area contributed by atoms with Crippen molar-refractivity contribution in [2.24, 2.45) is 0 Å². The van der Waals surface area contributed by atoms with Crippen LogP contribution in [0.4, 0.5) is 8.78 Å². The van der Waals surface area contributed by atoms with Gasteiger partial charge in [0.05, 0.1) is 18.7 Å². The molecule has 5 nitrogen and oxygen atoms in total. The van der Waals surface area contributed by atoms with E-state index >= 15 is 0 Å². The Balaban J connectivity index is 2.46. The Morgan fingerprint density at radius 1 is 1.38 bits per heavy atom. The fraction of sp³-hybridized carbons (Fsp3) is 0.500. The molecule has 114 valence electrons. The van der Waals surface area contributed by atoms with Crippen LogP contribution in [0, 0.1) is 11.3 Å². The Morgan fingerprint density at radius 3 is 2.57 bits per heavy atom. The number of nitrogens with one attached hydrogen (secondary N) is 1. The lowest BCUT2D eigenvalue weighted by atomic mass is 10.0. The van der Waals surface area contributed by atoms with Crippen LogP contribution in [-0.4, -0.2) is 49.7 Å². The quantitative estimate of drug-likeness (QED) is 0.881. The number of halogens is 2. The van der Waals surface area contributed by atoms with Gasteiger partial charge >= 0.3 is 0 Å². The van der Waals surface area contributed by atoms with Gasteiger partial charge in [-0.25, -0.2) is 8.78 Å². The van der Waals surface area contributed by atoms with E-state index in [0.29, 0.717) is 26.2 Å². The summed E-state index contributed by atoms with van der Waals surface area (Å²) in [5.74, 6) is -0.301. The van der Waals surface area contributed by atoms with Crippen molar-refractivity contribution in [1.29, 1.82) is 5.26 Å². The minimum atomic E-state index is -2.67. The first-order valence-corrected chi connectivity index (χ1v) is 6.62. The van der Waals surface area contributed by atoms with E-state index in [0.717, 1.165) is 0 Å². The van der Waals surface area contributed by atoms with Gasteiger partial charge in [-0.1, -0.05) is 0 Å². The Labute approximate surface area is 121 Å². The number of hydrogen-bond donors (Lipinski definition) is 2. The van der Waals surface area contributed by atoms with Crippen molar-refractivity contribution >= 4 is 0 Å². The van der Waals surface area contributed by atoms with E-state index in [1.54, 1.807) is 4.90 Å². The third-order valence-corrected chi connectivity index (χ3v) is 3.56. The summed E-state index contributed by atoms with van der Waals surface area (Å²) in [4.78, 5) is 1.61. The topological polar surface area (TPSA) is 68.5 Å². The molecule has 1 heterocycles. The summed E-state index contributed by atoms with van der Waals surface area (Å²) in [5, 5.41) is 22.2. The van der Waals surface area contributed by atoms with E-state index in [4.69, 9.17) is 10.00 Å². The summed E-state index contributed by atoms with van der Waals surface area (Å²) >= 11 is 0. The molecule has 21 heavy (non-hydrogen) atoms. The van der Waals surface area contributed by atoms with Crippen molar-refractivity contribution in [3.63, 3.8) is 0 Å². The van der Waals surface area contributed by atoms with Crippen molar-refractivity contribution in [1.82, 2.24) is 10.2 Å². The van der Waals surface area contributed by atoms with Crippen molar-refractivity contribution in [2.45, 2.75) is 12.5 Å². The molecule has 2 rings (SSSR count). The maximum atomic E-state index is 13.5. The Morgan fingerprint density at radius 2 is 2.05 bits per heavy atom. The molecule has 1 aliphatic rings. The number of methoxy groups -OCH3 is 1. The number of nitriles is 1. The molecule has 0 bridgehead atoms. The fourth-order valence-electron chi connectivity index (χ4n) is 2.53. The van der Waals surface area contributed by atoms with Crippen LogP contribution in [0.25, 0.3) is 0 Å². The summed E-state index contributed by atoms with van der Waals surface area (Å²) in [6.45, 7) is 2.12. The van der Waals surface area contributed by atoms with Crippen LogP contribution in [0.1, 0.15) is 17.2 Å². The van der Waals surface area contributed by atoms with Crippen LogP contribution in [0.2, 0.25) is 0 Å². The highest BCUT2D eigenvalue weighted by Gasteiger charge is 2.33. The number of benzene rings is 1. The number of alkyl halides is 2. The van der Waals surface area contributed by atoms with Gasteiger partial charge in [-0.2, -0.15) is 5.26 Å². The van der Waals surface area contributed by atoms with E-state index in [-0.39, 0.29) is 22.6 Å². The van der Waals surface area contributed by atoms with E-state index in [1.165, 1.54) is 19.2 Å². The molecule has 0 radical (unpaired) electrons.